The van der Waals surface area contributed by atoms with E-state index in [2.05, 4.69) is 15.3 Å². The molecule has 2 N–H and O–H groups in total. The number of halogens is 2. The number of nitrogens with zero attached hydrogens (tertiary/aromatic N) is 1. The molecule has 0 bridgehead atoms. The molecule has 0 aliphatic carbocycles. The van der Waals surface area contributed by atoms with Crippen molar-refractivity contribution < 1.29 is 4.74 Å². The molecule has 0 fully saturated rings. The zero-order valence-electron chi connectivity index (χ0n) is 16.5. The van der Waals surface area contributed by atoms with Crippen LogP contribution >= 0.6 is 23.2 Å². The number of benzene rings is 3. The third kappa shape index (κ3) is 5.33. The van der Waals surface area contributed by atoms with Crippen LogP contribution in [0.15, 0.2) is 66.7 Å². The molecule has 0 amide bonds. The van der Waals surface area contributed by atoms with E-state index in [1.807, 2.05) is 66.7 Å². The lowest BCUT2D eigenvalue weighted by Gasteiger charge is -2.12. The van der Waals surface area contributed by atoms with Crippen molar-refractivity contribution in [1.29, 1.82) is 0 Å². The summed E-state index contributed by atoms with van der Waals surface area (Å²) in [4.78, 5) is 7.97. The van der Waals surface area contributed by atoms with Crippen molar-refractivity contribution in [3.8, 4) is 5.75 Å². The van der Waals surface area contributed by atoms with Gasteiger partial charge in [-0.2, -0.15) is 0 Å². The molecule has 0 atom stereocenters. The fourth-order valence-corrected chi connectivity index (χ4v) is 3.96. The first-order chi connectivity index (χ1) is 14.7. The molecule has 30 heavy (non-hydrogen) atoms. The molecule has 4 rings (SSSR count). The number of nitrogens with one attached hydrogen (secondary N) is 2. The van der Waals surface area contributed by atoms with E-state index >= 15 is 0 Å². The maximum absolute atomic E-state index is 6.41. The average Bonchev–Trinajstić information content (AvgIpc) is 3.16. The van der Waals surface area contributed by atoms with Gasteiger partial charge >= 0.3 is 0 Å². The van der Waals surface area contributed by atoms with Crippen molar-refractivity contribution in [1.82, 2.24) is 15.3 Å². The normalized spacial score (nSPS) is 11.1. The molecule has 0 saturated heterocycles. The molecular weight excluding hydrogens is 417 g/mol. The van der Waals surface area contributed by atoms with Gasteiger partial charge in [0, 0.05) is 13.0 Å². The van der Waals surface area contributed by atoms with Gasteiger partial charge in [-0.25, -0.2) is 4.98 Å². The molecule has 0 spiro atoms. The lowest BCUT2D eigenvalue weighted by molar-refractivity contribution is 0.306. The van der Waals surface area contributed by atoms with Crippen molar-refractivity contribution in [3.05, 3.63) is 93.7 Å². The molecule has 0 radical (unpaired) electrons. The Balaban J connectivity index is 1.25. The highest BCUT2D eigenvalue weighted by Crippen LogP contribution is 2.34. The molecule has 0 aliphatic heterocycles. The van der Waals surface area contributed by atoms with Gasteiger partial charge in [0.05, 0.1) is 21.1 Å². The number of aryl methyl sites for hydroxylation is 1. The van der Waals surface area contributed by atoms with Crippen LogP contribution in [0, 0.1) is 0 Å². The van der Waals surface area contributed by atoms with Crippen LogP contribution in [0.3, 0.4) is 0 Å². The van der Waals surface area contributed by atoms with Gasteiger partial charge in [0.2, 0.25) is 0 Å². The summed E-state index contributed by atoms with van der Waals surface area (Å²) in [6.07, 6.45) is 1.88. The number of rotatable bonds is 9. The van der Waals surface area contributed by atoms with Gasteiger partial charge in [-0.3, -0.25) is 0 Å². The smallest absolute Gasteiger partial charge is 0.156 e. The first-order valence-electron chi connectivity index (χ1n) is 9.98. The largest absolute Gasteiger partial charge is 0.486 e. The first-order valence-corrected chi connectivity index (χ1v) is 10.7. The van der Waals surface area contributed by atoms with Crippen LogP contribution in [0.25, 0.3) is 11.0 Å². The number of H-pyrrole nitrogens is 1. The summed E-state index contributed by atoms with van der Waals surface area (Å²) in [6.45, 7) is 2.00. The van der Waals surface area contributed by atoms with Crippen LogP contribution < -0.4 is 10.1 Å². The number of ether oxygens (including phenoxy) is 1. The lowest BCUT2D eigenvalue weighted by Crippen LogP contribution is -2.15. The molecule has 4 aromatic rings. The first kappa shape index (κ1) is 20.7. The van der Waals surface area contributed by atoms with Crippen molar-refractivity contribution in [2.75, 3.05) is 6.54 Å². The molecular formula is C24H23Cl2N3O. The zero-order chi connectivity index (χ0) is 20.8. The summed E-state index contributed by atoms with van der Waals surface area (Å²) >= 11 is 12.8. The highest BCUT2D eigenvalue weighted by molar-refractivity contribution is 6.37. The molecule has 0 aliphatic rings. The maximum atomic E-state index is 6.41. The summed E-state index contributed by atoms with van der Waals surface area (Å²) in [5, 5.41) is 4.49. The van der Waals surface area contributed by atoms with E-state index in [9.17, 15) is 0 Å². The quantitative estimate of drug-likeness (QED) is 0.306. The molecule has 1 aromatic heterocycles. The van der Waals surface area contributed by atoms with E-state index in [0.29, 0.717) is 28.9 Å². The Morgan fingerprint density at radius 1 is 0.900 bits per heavy atom. The van der Waals surface area contributed by atoms with Crippen LogP contribution in [-0.2, 0) is 19.6 Å². The minimum absolute atomic E-state index is 0.430. The van der Waals surface area contributed by atoms with Crippen molar-refractivity contribution in [2.24, 2.45) is 0 Å². The predicted molar refractivity (Wildman–Crippen MR) is 123 cm³/mol. The van der Waals surface area contributed by atoms with Crippen LogP contribution in [0.4, 0.5) is 0 Å². The fraction of sp³-hybridized carbons (Fsp3) is 0.208. The Morgan fingerprint density at radius 2 is 1.63 bits per heavy atom. The summed E-state index contributed by atoms with van der Waals surface area (Å²) in [7, 11) is 0. The van der Waals surface area contributed by atoms with Gasteiger partial charge in [0.25, 0.3) is 0 Å². The van der Waals surface area contributed by atoms with Gasteiger partial charge < -0.3 is 15.0 Å². The molecule has 0 unspecified atom stereocenters. The summed E-state index contributed by atoms with van der Waals surface area (Å²) in [6, 6.07) is 21.8. The van der Waals surface area contributed by atoms with Gasteiger partial charge in [0.1, 0.15) is 12.4 Å². The van der Waals surface area contributed by atoms with E-state index in [1.165, 1.54) is 0 Å². The van der Waals surface area contributed by atoms with E-state index in [1.54, 1.807) is 0 Å². The third-order valence-corrected chi connectivity index (χ3v) is 5.38. The van der Waals surface area contributed by atoms with Crippen molar-refractivity contribution in [2.45, 2.75) is 26.0 Å². The van der Waals surface area contributed by atoms with Crippen LogP contribution in [0.2, 0.25) is 10.0 Å². The Labute approximate surface area is 186 Å². The Hall–Kier alpha value is -2.53. The Kier molecular flexibility index (Phi) is 6.90. The van der Waals surface area contributed by atoms with Gasteiger partial charge in [-0.1, -0.05) is 65.7 Å². The summed E-state index contributed by atoms with van der Waals surface area (Å²) in [5.74, 6) is 1.54. The van der Waals surface area contributed by atoms with Crippen LogP contribution in [0.1, 0.15) is 23.4 Å². The van der Waals surface area contributed by atoms with Crippen LogP contribution in [-0.4, -0.2) is 16.5 Å². The third-order valence-electron chi connectivity index (χ3n) is 4.82. The minimum Gasteiger partial charge on any atom is -0.486 e. The van der Waals surface area contributed by atoms with E-state index in [0.717, 1.165) is 47.4 Å². The SMILES string of the molecule is Clc1cc(CNCCCc2nc3ccccc3[nH]2)cc(Cl)c1OCc1ccccc1. The van der Waals surface area contributed by atoms with Gasteiger partial charge in [0.15, 0.2) is 5.75 Å². The number of fused-ring (bicyclic) bond motifs is 1. The molecule has 3 aromatic carbocycles. The Bertz CT molecular complexity index is 1060. The van der Waals surface area contributed by atoms with Crippen LogP contribution in [0.5, 0.6) is 5.75 Å². The summed E-state index contributed by atoms with van der Waals surface area (Å²) in [5.41, 5.74) is 4.19. The number of aromatic amines is 1. The number of aromatic nitrogens is 2. The molecule has 4 nitrogen and oxygen atoms in total. The number of hydrogen-bond acceptors (Lipinski definition) is 3. The second kappa shape index (κ2) is 9.98. The Morgan fingerprint density at radius 3 is 2.40 bits per heavy atom. The second-order valence-corrected chi connectivity index (χ2v) is 7.96. The topological polar surface area (TPSA) is 49.9 Å². The summed E-state index contributed by atoms with van der Waals surface area (Å²) < 4.78 is 5.83. The number of imidazole rings is 1. The molecule has 6 heteroatoms. The highest BCUT2D eigenvalue weighted by Gasteiger charge is 2.10. The minimum atomic E-state index is 0.430. The molecule has 154 valence electrons. The maximum Gasteiger partial charge on any atom is 0.156 e. The predicted octanol–water partition coefficient (Wildman–Crippen LogP) is 6.17. The highest BCUT2D eigenvalue weighted by atomic mass is 35.5. The number of para-hydroxylation sites is 2. The van der Waals surface area contributed by atoms with Crippen molar-refractivity contribution >= 4 is 34.2 Å². The standard InChI is InChI=1S/C24H23Cl2N3O/c25-19-13-18(14-20(26)24(19)30-16-17-7-2-1-3-8-17)15-27-12-6-11-23-28-21-9-4-5-10-22(21)29-23/h1-5,7-10,13-14,27H,6,11-12,15-16H2,(H,28,29). The van der Waals surface area contributed by atoms with Crippen molar-refractivity contribution in [3.63, 3.8) is 0 Å². The van der Waals surface area contributed by atoms with E-state index < -0.39 is 0 Å². The molecule has 0 saturated carbocycles. The fourth-order valence-electron chi connectivity index (χ4n) is 3.32. The van der Waals surface area contributed by atoms with E-state index in [4.69, 9.17) is 27.9 Å². The average molecular weight is 440 g/mol. The van der Waals surface area contributed by atoms with E-state index in [-0.39, 0.29) is 0 Å². The lowest BCUT2D eigenvalue weighted by atomic mass is 10.2. The monoisotopic (exact) mass is 439 g/mol. The number of hydrogen-bond donors (Lipinski definition) is 2. The molecule has 1 heterocycles. The zero-order valence-corrected chi connectivity index (χ0v) is 18.0. The van der Waals surface area contributed by atoms with Gasteiger partial charge in [-0.05, 0) is 48.4 Å². The second-order valence-electron chi connectivity index (χ2n) is 7.14. The van der Waals surface area contributed by atoms with Gasteiger partial charge in [-0.15, -0.1) is 0 Å².